The summed E-state index contributed by atoms with van der Waals surface area (Å²) in [5.74, 6) is 1.65. The number of nitrogens with zero attached hydrogens (tertiary/aromatic N) is 6. The quantitative estimate of drug-likeness (QED) is 0.326. The highest BCUT2D eigenvalue weighted by atomic mass is 16.5. The number of fused-ring (bicyclic) bond motifs is 2. The molecule has 0 aliphatic rings. The summed E-state index contributed by atoms with van der Waals surface area (Å²) in [6.45, 7) is 3.83. The molecule has 1 unspecified atom stereocenters. The van der Waals surface area contributed by atoms with Gasteiger partial charge in [0.2, 0.25) is 0 Å². The predicted molar refractivity (Wildman–Crippen MR) is 148 cm³/mol. The van der Waals surface area contributed by atoms with Crippen LogP contribution in [0.3, 0.4) is 0 Å². The van der Waals surface area contributed by atoms with E-state index in [4.69, 9.17) is 9.84 Å². The Morgan fingerprint density at radius 3 is 2.72 bits per heavy atom. The lowest BCUT2D eigenvalue weighted by Crippen LogP contribution is -2.29. The number of hydrogen-bond donors (Lipinski definition) is 2. The van der Waals surface area contributed by atoms with E-state index in [1.165, 1.54) is 6.33 Å². The topological polar surface area (TPSA) is 126 Å². The monoisotopic (exact) mass is 516 g/mol. The van der Waals surface area contributed by atoms with Crippen molar-refractivity contribution in [1.82, 2.24) is 29.1 Å². The van der Waals surface area contributed by atoms with Gasteiger partial charge in [-0.2, -0.15) is 10.4 Å². The van der Waals surface area contributed by atoms with Crippen LogP contribution in [0.1, 0.15) is 29.9 Å². The Labute approximate surface area is 223 Å². The summed E-state index contributed by atoms with van der Waals surface area (Å²) in [6, 6.07) is 18.4. The number of nitriles is 1. The molecule has 2 aromatic carbocycles. The van der Waals surface area contributed by atoms with Gasteiger partial charge in [0.25, 0.3) is 5.56 Å². The highest BCUT2D eigenvalue weighted by Crippen LogP contribution is 2.35. The van der Waals surface area contributed by atoms with Crippen LogP contribution < -0.4 is 15.6 Å². The second-order valence-electron chi connectivity index (χ2n) is 9.20. The van der Waals surface area contributed by atoms with Gasteiger partial charge in [0, 0.05) is 18.0 Å². The second kappa shape index (κ2) is 9.46. The lowest BCUT2D eigenvalue weighted by Gasteiger charge is -2.20. The molecule has 4 aromatic heterocycles. The Bertz CT molecular complexity index is 1950. The maximum Gasteiger partial charge on any atom is 0.282 e. The van der Waals surface area contributed by atoms with E-state index in [2.05, 4.69) is 26.3 Å². The SMILES string of the molecule is COc1cc(C#N)cc(-c2c[nH]c3ncnc(NC(C)c4nn5ccc(C)c5c(=O)n4-c4ccccc4)c23)c1. The average molecular weight is 517 g/mol. The number of aromatic nitrogens is 6. The van der Waals surface area contributed by atoms with Crippen molar-refractivity contribution in [2.45, 2.75) is 19.9 Å². The standard InChI is InChI=1S/C29H24N8O2/c1-17-9-10-36-25(17)29(38)37(21-7-5-4-6-8-21)28(35-36)18(2)34-27-24-23(15-31-26(24)32-16-33-27)20-11-19(14-30)12-22(13-20)39-3/h4-13,15-16,18H,1-3H3,(H2,31,32,33,34). The lowest BCUT2D eigenvalue weighted by molar-refractivity contribution is 0.415. The van der Waals surface area contributed by atoms with E-state index in [0.29, 0.717) is 34.1 Å². The molecule has 4 heterocycles. The van der Waals surface area contributed by atoms with Gasteiger partial charge in [-0.1, -0.05) is 18.2 Å². The summed E-state index contributed by atoms with van der Waals surface area (Å²) < 4.78 is 8.68. The van der Waals surface area contributed by atoms with Crippen molar-refractivity contribution in [1.29, 1.82) is 5.26 Å². The maximum atomic E-state index is 13.7. The molecule has 1 atom stereocenters. The summed E-state index contributed by atoms with van der Waals surface area (Å²) in [5, 5.41) is 18.6. The molecule has 10 nitrogen and oxygen atoms in total. The number of aryl methyl sites for hydroxylation is 1. The van der Waals surface area contributed by atoms with Crippen molar-refractivity contribution in [3.05, 3.63) is 101 Å². The number of H-pyrrole nitrogens is 1. The Kier molecular flexibility index (Phi) is 5.81. The molecule has 10 heteroatoms. The van der Waals surface area contributed by atoms with Crippen LogP contribution >= 0.6 is 0 Å². The molecule has 0 aliphatic carbocycles. The van der Waals surface area contributed by atoms with E-state index >= 15 is 0 Å². The fourth-order valence-electron chi connectivity index (χ4n) is 4.84. The molecule has 0 saturated heterocycles. The first-order valence-electron chi connectivity index (χ1n) is 12.3. The van der Waals surface area contributed by atoms with Crippen molar-refractivity contribution in [3.63, 3.8) is 0 Å². The number of benzene rings is 2. The van der Waals surface area contributed by atoms with Crippen LogP contribution in [0.5, 0.6) is 5.75 Å². The largest absolute Gasteiger partial charge is 0.497 e. The Balaban J connectivity index is 1.50. The predicted octanol–water partition coefficient (Wildman–Crippen LogP) is 4.79. The number of methoxy groups -OCH3 is 1. The van der Waals surface area contributed by atoms with Gasteiger partial charge in [-0.05, 0) is 61.4 Å². The zero-order valence-electron chi connectivity index (χ0n) is 21.5. The van der Waals surface area contributed by atoms with E-state index in [9.17, 15) is 10.1 Å². The van der Waals surface area contributed by atoms with Gasteiger partial charge in [0.05, 0.1) is 35.9 Å². The Morgan fingerprint density at radius 1 is 1.13 bits per heavy atom. The summed E-state index contributed by atoms with van der Waals surface area (Å²) in [5.41, 5.74) is 4.64. The third kappa shape index (κ3) is 4.06. The van der Waals surface area contributed by atoms with Crippen molar-refractivity contribution in [3.8, 4) is 28.6 Å². The van der Waals surface area contributed by atoms with Gasteiger partial charge in [-0.25, -0.2) is 14.5 Å². The van der Waals surface area contributed by atoms with Gasteiger partial charge in [-0.15, -0.1) is 0 Å². The maximum absolute atomic E-state index is 13.7. The number of para-hydroxylation sites is 1. The van der Waals surface area contributed by atoms with Gasteiger partial charge >= 0.3 is 0 Å². The zero-order chi connectivity index (χ0) is 27.1. The van der Waals surface area contributed by atoms with Crippen molar-refractivity contribution < 1.29 is 4.74 Å². The minimum Gasteiger partial charge on any atom is -0.497 e. The summed E-state index contributed by atoms with van der Waals surface area (Å²) >= 11 is 0. The van der Waals surface area contributed by atoms with E-state index in [1.807, 2.05) is 62.5 Å². The van der Waals surface area contributed by atoms with E-state index < -0.39 is 6.04 Å². The molecule has 192 valence electrons. The first-order valence-corrected chi connectivity index (χ1v) is 12.3. The normalized spacial score (nSPS) is 11.9. The van der Waals surface area contributed by atoms with Crippen LogP contribution in [-0.4, -0.2) is 36.2 Å². The number of ether oxygens (including phenoxy) is 1. The molecule has 0 radical (unpaired) electrons. The lowest BCUT2D eigenvalue weighted by atomic mass is 10.0. The molecule has 39 heavy (non-hydrogen) atoms. The van der Waals surface area contributed by atoms with Crippen LogP contribution in [0, 0.1) is 18.3 Å². The summed E-state index contributed by atoms with van der Waals surface area (Å²) in [6.07, 6.45) is 5.10. The second-order valence-corrected chi connectivity index (χ2v) is 9.20. The number of hydrogen-bond acceptors (Lipinski definition) is 7. The highest BCUT2D eigenvalue weighted by molar-refractivity contribution is 6.01. The molecule has 0 fully saturated rings. The first kappa shape index (κ1) is 23.9. The van der Waals surface area contributed by atoms with E-state index in [0.717, 1.165) is 27.8 Å². The third-order valence-corrected chi connectivity index (χ3v) is 6.72. The third-order valence-electron chi connectivity index (χ3n) is 6.72. The molecule has 6 aromatic rings. The molecular weight excluding hydrogens is 492 g/mol. The molecule has 0 saturated carbocycles. The number of aromatic amines is 1. The number of rotatable bonds is 6. The molecular formula is C29H24N8O2. The fraction of sp³-hybridized carbons (Fsp3) is 0.138. The fourth-order valence-corrected chi connectivity index (χ4v) is 4.84. The Hall–Kier alpha value is -5.43. The molecule has 0 aliphatic heterocycles. The van der Waals surface area contributed by atoms with Gasteiger partial charge < -0.3 is 15.0 Å². The van der Waals surface area contributed by atoms with Crippen molar-refractivity contribution in [2.24, 2.45) is 0 Å². The van der Waals surface area contributed by atoms with Crippen LogP contribution in [0.4, 0.5) is 5.82 Å². The smallest absolute Gasteiger partial charge is 0.282 e. The molecule has 0 bridgehead atoms. The number of nitrogens with one attached hydrogen (secondary N) is 2. The number of anilines is 1. The first-order chi connectivity index (χ1) is 19.0. The summed E-state index contributed by atoms with van der Waals surface area (Å²) in [4.78, 5) is 25.9. The van der Waals surface area contributed by atoms with Gasteiger partial charge in [-0.3, -0.25) is 9.36 Å². The van der Waals surface area contributed by atoms with Crippen LogP contribution in [0.2, 0.25) is 0 Å². The average Bonchev–Trinajstić information content (AvgIpc) is 3.57. The summed E-state index contributed by atoms with van der Waals surface area (Å²) in [7, 11) is 1.57. The molecule has 2 N–H and O–H groups in total. The minimum atomic E-state index is -0.425. The van der Waals surface area contributed by atoms with Crippen LogP contribution in [-0.2, 0) is 0 Å². The van der Waals surface area contributed by atoms with E-state index in [-0.39, 0.29) is 5.56 Å². The van der Waals surface area contributed by atoms with Crippen LogP contribution in [0.15, 0.2) is 78.1 Å². The van der Waals surface area contributed by atoms with E-state index in [1.54, 1.807) is 34.5 Å². The van der Waals surface area contributed by atoms with Gasteiger partial charge in [0.15, 0.2) is 5.82 Å². The molecule has 6 rings (SSSR count). The van der Waals surface area contributed by atoms with Crippen molar-refractivity contribution in [2.75, 3.05) is 12.4 Å². The molecule has 0 amide bonds. The zero-order valence-corrected chi connectivity index (χ0v) is 21.5. The van der Waals surface area contributed by atoms with Crippen LogP contribution in [0.25, 0.3) is 33.4 Å². The molecule has 0 spiro atoms. The highest BCUT2D eigenvalue weighted by Gasteiger charge is 2.22. The van der Waals surface area contributed by atoms with Crippen molar-refractivity contribution >= 4 is 22.4 Å². The minimum absolute atomic E-state index is 0.155. The Morgan fingerprint density at radius 2 is 1.95 bits per heavy atom. The van der Waals surface area contributed by atoms with Gasteiger partial charge in [0.1, 0.15) is 29.1 Å².